The summed E-state index contributed by atoms with van der Waals surface area (Å²) in [5.74, 6) is 0. The summed E-state index contributed by atoms with van der Waals surface area (Å²) in [5, 5.41) is 12.9. The van der Waals surface area contributed by atoms with Crippen LogP contribution in [0.5, 0.6) is 0 Å². The van der Waals surface area contributed by atoms with E-state index in [-0.39, 0.29) is 0 Å². The molecule has 0 radical (unpaired) electrons. The van der Waals surface area contributed by atoms with Crippen LogP contribution in [-0.2, 0) is 0 Å². The van der Waals surface area contributed by atoms with Crippen LogP contribution in [0, 0.1) is 0 Å². The summed E-state index contributed by atoms with van der Waals surface area (Å²) >= 11 is 0. The normalized spacial score (nSPS) is 11.2. The number of para-hydroxylation sites is 1. The van der Waals surface area contributed by atoms with Crippen molar-refractivity contribution in [2.75, 3.05) is 5.32 Å². The van der Waals surface area contributed by atoms with E-state index in [0.29, 0.717) is 5.65 Å². The Labute approximate surface area is 167 Å². The summed E-state index contributed by atoms with van der Waals surface area (Å²) in [4.78, 5) is 12.4. The molecule has 6 nitrogen and oxygen atoms in total. The minimum atomic E-state index is 0.684. The lowest BCUT2D eigenvalue weighted by Gasteiger charge is -2.09. The summed E-state index contributed by atoms with van der Waals surface area (Å²) in [6.07, 6.45) is 6.32. The molecule has 0 bridgehead atoms. The van der Waals surface area contributed by atoms with Crippen LogP contribution in [0.2, 0.25) is 0 Å². The molecule has 0 spiro atoms. The average Bonchev–Trinajstić information content (AvgIpc) is 3.37. The lowest BCUT2D eigenvalue weighted by atomic mass is 10.1. The molecule has 6 heteroatoms. The predicted octanol–water partition coefficient (Wildman–Crippen LogP) is 5.50. The first-order chi connectivity index (χ1) is 14.2. The molecule has 4 aromatic heterocycles. The number of fused-ring (bicyclic) bond motifs is 2. The van der Waals surface area contributed by atoms with Crippen molar-refractivity contribution in [1.29, 1.82) is 0 Å². The SMILES string of the molecule is C=C(CC)Nc1cncc(-c2cnc3n[nH]c(-c4cc5ccccc5[nH]4)c3c2)c1. The minimum Gasteiger partial charge on any atom is -0.358 e. The predicted molar refractivity (Wildman–Crippen MR) is 117 cm³/mol. The number of benzene rings is 1. The third-order valence-corrected chi connectivity index (χ3v) is 5.03. The van der Waals surface area contributed by atoms with Gasteiger partial charge in [-0.2, -0.15) is 5.10 Å². The number of aromatic amines is 2. The van der Waals surface area contributed by atoms with Crippen molar-refractivity contribution < 1.29 is 0 Å². The topological polar surface area (TPSA) is 82.3 Å². The number of anilines is 1. The Kier molecular flexibility index (Phi) is 4.09. The van der Waals surface area contributed by atoms with Gasteiger partial charge < -0.3 is 10.3 Å². The highest BCUT2D eigenvalue weighted by Gasteiger charge is 2.13. The van der Waals surface area contributed by atoms with E-state index in [1.54, 1.807) is 6.20 Å². The number of hydrogen-bond acceptors (Lipinski definition) is 4. The van der Waals surface area contributed by atoms with Crippen molar-refractivity contribution in [3.05, 3.63) is 73.3 Å². The van der Waals surface area contributed by atoms with Crippen LogP contribution in [0.15, 0.2) is 73.3 Å². The Morgan fingerprint density at radius 2 is 1.93 bits per heavy atom. The summed E-state index contributed by atoms with van der Waals surface area (Å²) in [7, 11) is 0. The monoisotopic (exact) mass is 380 g/mol. The maximum Gasteiger partial charge on any atom is 0.181 e. The Hall–Kier alpha value is -3.93. The second-order valence-corrected chi connectivity index (χ2v) is 7.01. The Bertz CT molecular complexity index is 1310. The molecule has 0 aliphatic carbocycles. The molecule has 0 saturated carbocycles. The summed E-state index contributed by atoms with van der Waals surface area (Å²) in [5.41, 5.74) is 7.52. The van der Waals surface area contributed by atoms with Crippen molar-refractivity contribution >= 4 is 27.6 Å². The molecule has 3 N–H and O–H groups in total. The highest BCUT2D eigenvalue weighted by Crippen LogP contribution is 2.31. The number of rotatable bonds is 5. The standard InChI is InChI=1S/C23H20N6/c1-3-14(2)26-18-8-16(11-24-13-18)17-9-19-22(28-29-23(19)25-12-17)21-10-15-6-4-5-7-20(15)27-21/h4-13,26-27H,2-3H2,1H3,(H,25,28,29). The van der Waals surface area contributed by atoms with E-state index in [1.165, 1.54) is 0 Å². The first-order valence-corrected chi connectivity index (χ1v) is 9.54. The van der Waals surface area contributed by atoms with Crippen LogP contribution >= 0.6 is 0 Å². The Balaban J connectivity index is 1.58. The molecule has 1 aromatic carbocycles. The van der Waals surface area contributed by atoms with Crippen LogP contribution in [-0.4, -0.2) is 25.1 Å². The third-order valence-electron chi connectivity index (χ3n) is 5.03. The Morgan fingerprint density at radius 1 is 1.07 bits per heavy atom. The van der Waals surface area contributed by atoms with Crippen LogP contribution in [0.1, 0.15) is 13.3 Å². The van der Waals surface area contributed by atoms with Crippen molar-refractivity contribution in [2.45, 2.75) is 13.3 Å². The molecule has 29 heavy (non-hydrogen) atoms. The van der Waals surface area contributed by atoms with Gasteiger partial charge in [-0.25, -0.2) is 4.98 Å². The van der Waals surface area contributed by atoms with Gasteiger partial charge in [0.1, 0.15) is 0 Å². The van der Waals surface area contributed by atoms with E-state index in [0.717, 1.165) is 56.6 Å². The van der Waals surface area contributed by atoms with E-state index < -0.39 is 0 Å². The zero-order chi connectivity index (χ0) is 19.8. The average molecular weight is 380 g/mol. The number of aromatic nitrogens is 5. The number of hydrogen-bond donors (Lipinski definition) is 3. The Morgan fingerprint density at radius 3 is 2.79 bits per heavy atom. The third kappa shape index (κ3) is 3.14. The maximum atomic E-state index is 4.54. The first-order valence-electron chi connectivity index (χ1n) is 9.54. The van der Waals surface area contributed by atoms with Gasteiger partial charge in [-0.05, 0) is 30.7 Å². The molecule has 0 aliphatic heterocycles. The number of nitrogens with zero attached hydrogens (tertiary/aromatic N) is 3. The van der Waals surface area contributed by atoms with Crippen LogP contribution in [0.4, 0.5) is 5.69 Å². The molecule has 0 atom stereocenters. The molecule has 4 heterocycles. The van der Waals surface area contributed by atoms with E-state index in [2.05, 4.69) is 74.3 Å². The molecule has 0 unspecified atom stereocenters. The van der Waals surface area contributed by atoms with Crippen molar-refractivity contribution in [2.24, 2.45) is 0 Å². The molecular formula is C23H20N6. The number of pyridine rings is 2. The lowest BCUT2D eigenvalue weighted by molar-refractivity contribution is 1.10. The van der Waals surface area contributed by atoms with Gasteiger partial charge in [0.15, 0.2) is 5.65 Å². The lowest BCUT2D eigenvalue weighted by Crippen LogP contribution is -1.97. The van der Waals surface area contributed by atoms with Gasteiger partial charge in [-0.15, -0.1) is 0 Å². The van der Waals surface area contributed by atoms with Crippen molar-refractivity contribution in [1.82, 2.24) is 25.1 Å². The molecule has 5 rings (SSSR count). The molecule has 0 aliphatic rings. The largest absolute Gasteiger partial charge is 0.358 e. The number of allylic oxidation sites excluding steroid dienone is 1. The zero-order valence-corrected chi connectivity index (χ0v) is 16.0. The van der Waals surface area contributed by atoms with Gasteiger partial charge in [-0.1, -0.05) is 31.7 Å². The van der Waals surface area contributed by atoms with Crippen LogP contribution in [0.3, 0.4) is 0 Å². The molecule has 0 saturated heterocycles. The smallest absolute Gasteiger partial charge is 0.181 e. The molecule has 5 aromatic rings. The molecular weight excluding hydrogens is 360 g/mol. The van der Waals surface area contributed by atoms with Gasteiger partial charge >= 0.3 is 0 Å². The van der Waals surface area contributed by atoms with Gasteiger partial charge in [0.05, 0.1) is 23.3 Å². The highest BCUT2D eigenvalue weighted by atomic mass is 15.2. The summed E-state index contributed by atoms with van der Waals surface area (Å²) < 4.78 is 0. The summed E-state index contributed by atoms with van der Waals surface area (Å²) in [6.45, 7) is 6.07. The second-order valence-electron chi connectivity index (χ2n) is 7.01. The van der Waals surface area contributed by atoms with E-state index in [4.69, 9.17) is 0 Å². The highest BCUT2D eigenvalue weighted by molar-refractivity contribution is 5.96. The minimum absolute atomic E-state index is 0.684. The zero-order valence-electron chi connectivity index (χ0n) is 16.0. The molecule has 0 fully saturated rings. The quantitative estimate of drug-likeness (QED) is 0.376. The second kappa shape index (κ2) is 6.91. The fourth-order valence-electron chi connectivity index (χ4n) is 3.43. The number of nitrogens with one attached hydrogen (secondary N) is 3. The van der Waals surface area contributed by atoms with E-state index >= 15 is 0 Å². The molecule has 0 amide bonds. The first kappa shape index (κ1) is 17.2. The fourth-order valence-corrected chi connectivity index (χ4v) is 3.43. The van der Waals surface area contributed by atoms with Crippen LogP contribution in [0.25, 0.3) is 44.5 Å². The van der Waals surface area contributed by atoms with Crippen LogP contribution < -0.4 is 5.32 Å². The van der Waals surface area contributed by atoms with Gasteiger partial charge in [0, 0.05) is 45.5 Å². The maximum absolute atomic E-state index is 4.54. The van der Waals surface area contributed by atoms with Gasteiger partial charge in [-0.3, -0.25) is 10.1 Å². The van der Waals surface area contributed by atoms with Gasteiger partial charge in [0.25, 0.3) is 0 Å². The van der Waals surface area contributed by atoms with E-state index in [1.807, 2.05) is 24.5 Å². The van der Waals surface area contributed by atoms with Gasteiger partial charge in [0.2, 0.25) is 0 Å². The van der Waals surface area contributed by atoms with E-state index in [9.17, 15) is 0 Å². The molecule has 142 valence electrons. The van der Waals surface area contributed by atoms with Crippen molar-refractivity contribution in [3.63, 3.8) is 0 Å². The fraction of sp³-hybridized carbons (Fsp3) is 0.0870. The number of H-pyrrole nitrogens is 2. The van der Waals surface area contributed by atoms with Crippen molar-refractivity contribution in [3.8, 4) is 22.5 Å². The summed E-state index contributed by atoms with van der Waals surface area (Å²) in [6, 6.07) is 14.5.